The molecular weight excluding hydrogens is 638 g/mol. The van der Waals surface area contributed by atoms with Crippen molar-refractivity contribution in [1.82, 2.24) is 9.78 Å². The van der Waals surface area contributed by atoms with Crippen LogP contribution in [0.25, 0.3) is 22.0 Å². The SMILES string of the molecule is COC(OC)C1CCN(c2ccc(C3=C(c4cccc(OC(F)(F)F)c4)CCCc4c3ccc3c4c(F)nn3C3CCCCO3)cc2)CC1. The van der Waals surface area contributed by atoms with E-state index in [9.17, 15) is 13.2 Å². The third-order valence-electron chi connectivity index (χ3n) is 10.1. The number of aryl methyl sites for hydroxylation is 1. The zero-order valence-corrected chi connectivity index (χ0v) is 27.8. The third-order valence-corrected chi connectivity index (χ3v) is 10.1. The number of rotatable bonds is 8. The molecule has 0 saturated carbocycles. The lowest BCUT2D eigenvalue weighted by molar-refractivity contribution is -0.274. The van der Waals surface area contributed by atoms with Crippen molar-refractivity contribution >= 4 is 27.7 Å². The number of halogens is 4. The van der Waals surface area contributed by atoms with Gasteiger partial charge in [-0.15, -0.1) is 18.3 Å². The van der Waals surface area contributed by atoms with Crippen LogP contribution in [-0.2, 0) is 20.6 Å². The number of alkyl halides is 3. The fourth-order valence-corrected chi connectivity index (χ4v) is 7.86. The number of hydrogen-bond acceptors (Lipinski definition) is 6. The van der Waals surface area contributed by atoms with Gasteiger partial charge in [-0.25, -0.2) is 4.68 Å². The molecule has 4 aromatic rings. The first-order valence-electron chi connectivity index (χ1n) is 17.1. The van der Waals surface area contributed by atoms with E-state index in [-0.39, 0.29) is 18.3 Å². The first-order valence-corrected chi connectivity index (χ1v) is 17.1. The summed E-state index contributed by atoms with van der Waals surface area (Å²) in [5, 5.41) is 4.80. The van der Waals surface area contributed by atoms with Gasteiger partial charge in [0.1, 0.15) is 5.75 Å². The number of aromatic nitrogens is 2. The fourth-order valence-electron chi connectivity index (χ4n) is 7.86. The summed E-state index contributed by atoms with van der Waals surface area (Å²) in [5.41, 5.74) is 6.76. The van der Waals surface area contributed by atoms with Crippen molar-refractivity contribution in [2.75, 3.05) is 38.8 Å². The molecule has 260 valence electrons. The van der Waals surface area contributed by atoms with Crippen LogP contribution in [0.1, 0.15) is 73.4 Å². The highest BCUT2D eigenvalue weighted by molar-refractivity contribution is 6.03. The molecule has 3 aliphatic rings. The zero-order valence-electron chi connectivity index (χ0n) is 27.8. The number of anilines is 1. The largest absolute Gasteiger partial charge is 0.573 e. The highest BCUT2D eigenvalue weighted by Crippen LogP contribution is 2.44. The summed E-state index contributed by atoms with van der Waals surface area (Å²) < 4.78 is 78.5. The van der Waals surface area contributed by atoms with E-state index in [1.165, 1.54) is 12.1 Å². The minimum Gasteiger partial charge on any atom is -0.406 e. The van der Waals surface area contributed by atoms with Gasteiger partial charge in [0.05, 0.1) is 10.9 Å². The highest BCUT2D eigenvalue weighted by atomic mass is 19.4. The summed E-state index contributed by atoms with van der Waals surface area (Å²) in [6.45, 7) is 2.34. The Morgan fingerprint density at radius 1 is 0.878 bits per heavy atom. The van der Waals surface area contributed by atoms with Crippen molar-refractivity contribution in [3.8, 4) is 5.75 Å². The number of nitrogens with zero attached hydrogens (tertiary/aromatic N) is 3. The van der Waals surface area contributed by atoms with Crippen molar-refractivity contribution in [3.63, 3.8) is 0 Å². The van der Waals surface area contributed by atoms with Crippen LogP contribution in [-0.4, -0.2) is 56.3 Å². The molecule has 2 aliphatic heterocycles. The maximum absolute atomic E-state index is 15.9. The summed E-state index contributed by atoms with van der Waals surface area (Å²) in [7, 11) is 3.34. The summed E-state index contributed by atoms with van der Waals surface area (Å²) >= 11 is 0. The van der Waals surface area contributed by atoms with Crippen LogP contribution in [0.4, 0.5) is 23.2 Å². The van der Waals surface area contributed by atoms with Crippen LogP contribution in [0.15, 0.2) is 60.7 Å². The van der Waals surface area contributed by atoms with E-state index in [1.807, 2.05) is 18.2 Å². The first kappa shape index (κ1) is 33.6. The van der Waals surface area contributed by atoms with E-state index in [4.69, 9.17) is 14.2 Å². The van der Waals surface area contributed by atoms with Crippen LogP contribution < -0.4 is 9.64 Å². The molecule has 3 heterocycles. The van der Waals surface area contributed by atoms with Gasteiger partial charge in [-0.3, -0.25) is 0 Å². The summed E-state index contributed by atoms with van der Waals surface area (Å²) in [6, 6.07) is 18.4. The normalized spacial score (nSPS) is 19.4. The minimum atomic E-state index is -4.81. The van der Waals surface area contributed by atoms with Crippen LogP contribution in [0.3, 0.4) is 0 Å². The molecule has 1 unspecified atom stereocenters. The third kappa shape index (κ3) is 6.93. The number of benzene rings is 3. The van der Waals surface area contributed by atoms with E-state index in [0.29, 0.717) is 48.3 Å². The molecule has 2 saturated heterocycles. The Morgan fingerprint density at radius 2 is 1.65 bits per heavy atom. The van der Waals surface area contributed by atoms with Crippen molar-refractivity contribution in [2.24, 2.45) is 5.92 Å². The summed E-state index contributed by atoms with van der Waals surface area (Å²) in [6.07, 6.45) is 1.10. The van der Waals surface area contributed by atoms with Gasteiger partial charge in [0, 0.05) is 45.5 Å². The molecule has 1 aliphatic carbocycles. The van der Waals surface area contributed by atoms with Gasteiger partial charge in [0.2, 0.25) is 5.95 Å². The zero-order chi connectivity index (χ0) is 34.1. The molecule has 2 fully saturated rings. The van der Waals surface area contributed by atoms with Gasteiger partial charge in [-0.05, 0) is 115 Å². The average molecular weight is 680 g/mol. The number of fused-ring (bicyclic) bond motifs is 3. The second-order valence-electron chi connectivity index (χ2n) is 13.0. The molecule has 1 aromatic heterocycles. The Bertz CT molecular complexity index is 1800. The maximum Gasteiger partial charge on any atom is 0.573 e. The fraction of sp³-hybridized carbons (Fsp3) is 0.447. The molecule has 7 rings (SSSR count). The van der Waals surface area contributed by atoms with E-state index in [1.54, 1.807) is 25.0 Å². The Hall–Kier alpha value is -3.93. The van der Waals surface area contributed by atoms with Gasteiger partial charge in [-0.1, -0.05) is 30.3 Å². The first-order chi connectivity index (χ1) is 23.7. The van der Waals surface area contributed by atoms with Gasteiger partial charge in [-0.2, -0.15) is 4.39 Å². The van der Waals surface area contributed by atoms with E-state index in [0.717, 1.165) is 78.7 Å². The molecule has 11 heteroatoms. The van der Waals surface area contributed by atoms with E-state index < -0.39 is 12.3 Å². The van der Waals surface area contributed by atoms with Crippen molar-refractivity contribution in [3.05, 3.63) is 88.9 Å². The molecule has 0 spiro atoms. The van der Waals surface area contributed by atoms with Crippen LogP contribution in [0, 0.1) is 11.9 Å². The van der Waals surface area contributed by atoms with Crippen molar-refractivity contribution < 1.29 is 36.5 Å². The lowest BCUT2D eigenvalue weighted by Crippen LogP contribution is -2.39. The lowest BCUT2D eigenvalue weighted by Gasteiger charge is -2.36. The van der Waals surface area contributed by atoms with Gasteiger partial charge in [0.25, 0.3) is 0 Å². The Morgan fingerprint density at radius 3 is 2.35 bits per heavy atom. The average Bonchev–Trinajstić information content (AvgIpc) is 3.32. The minimum absolute atomic E-state index is 0.219. The molecule has 0 radical (unpaired) electrons. The van der Waals surface area contributed by atoms with E-state index in [2.05, 4.69) is 39.0 Å². The number of ether oxygens (including phenoxy) is 4. The lowest BCUT2D eigenvalue weighted by atomic mass is 9.87. The van der Waals surface area contributed by atoms with Crippen LogP contribution in [0.2, 0.25) is 0 Å². The second-order valence-corrected chi connectivity index (χ2v) is 13.0. The molecule has 7 nitrogen and oxygen atoms in total. The number of methoxy groups -OCH3 is 2. The molecule has 1 atom stereocenters. The topological polar surface area (TPSA) is 58.0 Å². The molecule has 3 aromatic carbocycles. The Balaban J connectivity index is 1.31. The van der Waals surface area contributed by atoms with Crippen molar-refractivity contribution in [2.45, 2.75) is 70.2 Å². The second kappa shape index (κ2) is 14.1. The molecule has 0 bridgehead atoms. The molecule has 49 heavy (non-hydrogen) atoms. The Labute approximate surface area is 283 Å². The predicted octanol–water partition coefficient (Wildman–Crippen LogP) is 8.90. The number of piperidine rings is 1. The van der Waals surface area contributed by atoms with Gasteiger partial charge >= 0.3 is 6.36 Å². The van der Waals surface area contributed by atoms with Crippen LogP contribution >= 0.6 is 0 Å². The Kier molecular flexibility index (Phi) is 9.68. The van der Waals surface area contributed by atoms with Crippen molar-refractivity contribution in [1.29, 1.82) is 0 Å². The van der Waals surface area contributed by atoms with Crippen LogP contribution in [0.5, 0.6) is 5.75 Å². The smallest absolute Gasteiger partial charge is 0.406 e. The van der Waals surface area contributed by atoms with Gasteiger partial charge < -0.3 is 23.8 Å². The standard InChI is InChI=1S/C38H41F4N3O4/c1-46-37(47-2)25-18-20-44(21-19-25)27-14-12-24(13-15-27)34-29(26-7-5-8-28(23-26)49-38(40,41)42)9-6-10-30-31(34)16-17-32-35(30)36(39)43-45(32)33-11-3-4-22-48-33/h5,7-8,12-17,23,25,33,37H,3-4,6,9-11,18-22H2,1-2H3. The van der Waals surface area contributed by atoms with Gasteiger partial charge in [0.15, 0.2) is 12.5 Å². The monoisotopic (exact) mass is 679 g/mol. The quantitative estimate of drug-likeness (QED) is 0.137. The van der Waals surface area contributed by atoms with E-state index >= 15 is 4.39 Å². The maximum atomic E-state index is 15.9. The highest BCUT2D eigenvalue weighted by Gasteiger charge is 2.32. The molecule has 0 amide bonds. The molecular formula is C38H41F4N3O4. The summed E-state index contributed by atoms with van der Waals surface area (Å²) in [4.78, 5) is 2.34. The predicted molar refractivity (Wildman–Crippen MR) is 180 cm³/mol. The molecule has 0 N–H and O–H groups in total. The number of allylic oxidation sites excluding steroid dienone is 1. The summed E-state index contributed by atoms with van der Waals surface area (Å²) in [5.74, 6) is -0.490. The number of hydrogen-bond donors (Lipinski definition) is 0.